The molecule has 0 aromatic heterocycles. The van der Waals surface area contributed by atoms with Gasteiger partial charge in [0.25, 0.3) is 5.91 Å². The standard InChI is InChI=1S/C18H21NO2/c1-13(2)16-10-9-14(3)11-17(16)21-12-18(20)19-15-7-5-4-6-8-15/h4-11,13H,12H2,1-3H3,(H,19,20). The minimum Gasteiger partial charge on any atom is -0.483 e. The van der Waals surface area contributed by atoms with Crippen LogP contribution in [0.5, 0.6) is 5.75 Å². The lowest BCUT2D eigenvalue weighted by Gasteiger charge is -2.14. The minimum absolute atomic E-state index is 0.0120. The Hall–Kier alpha value is -2.29. The Kier molecular flexibility index (Phi) is 4.99. The number of carbonyl (C=O) groups is 1. The van der Waals surface area contributed by atoms with E-state index in [1.165, 1.54) is 0 Å². The van der Waals surface area contributed by atoms with E-state index in [1.807, 2.05) is 43.3 Å². The van der Waals surface area contributed by atoms with Crippen molar-refractivity contribution in [2.75, 3.05) is 11.9 Å². The van der Waals surface area contributed by atoms with Crippen LogP contribution in [0.2, 0.25) is 0 Å². The van der Waals surface area contributed by atoms with Crippen LogP contribution in [0.15, 0.2) is 48.5 Å². The third-order valence-corrected chi connectivity index (χ3v) is 3.21. The first kappa shape index (κ1) is 15.1. The van der Waals surface area contributed by atoms with Crippen molar-refractivity contribution in [3.8, 4) is 5.75 Å². The molecule has 3 nitrogen and oxygen atoms in total. The molecule has 0 bridgehead atoms. The number of nitrogens with one attached hydrogen (secondary N) is 1. The van der Waals surface area contributed by atoms with Crippen molar-refractivity contribution in [3.63, 3.8) is 0 Å². The van der Waals surface area contributed by atoms with Crippen LogP contribution in [0.3, 0.4) is 0 Å². The highest BCUT2D eigenvalue weighted by atomic mass is 16.5. The molecule has 21 heavy (non-hydrogen) atoms. The van der Waals surface area contributed by atoms with Crippen LogP contribution in [0.1, 0.15) is 30.9 Å². The molecule has 2 aromatic rings. The highest BCUT2D eigenvalue weighted by Gasteiger charge is 2.10. The van der Waals surface area contributed by atoms with Crippen LogP contribution in [0.4, 0.5) is 5.69 Å². The number of hydrogen-bond donors (Lipinski definition) is 1. The molecule has 0 spiro atoms. The summed E-state index contributed by atoms with van der Waals surface area (Å²) in [5.41, 5.74) is 3.02. The molecule has 1 N–H and O–H groups in total. The Morgan fingerprint density at radius 1 is 1.14 bits per heavy atom. The molecule has 0 radical (unpaired) electrons. The fraction of sp³-hybridized carbons (Fsp3) is 0.278. The summed E-state index contributed by atoms with van der Waals surface area (Å²) in [5.74, 6) is 0.989. The number of carbonyl (C=O) groups excluding carboxylic acids is 1. The Balaban J connectivity index is 1.99. The van der Waals surface area contributed by atoms with Crippen LogP contribution >= 0.6 is 0 Å². The van der Waals surface area contributed by atoms with E-state index in [1.54, 1.807) is 0 Å². The molecule has 0 heterocycles. The molecular formula is C18H21NO2. The Morgan fingerprint density at radius 3 is 2.52 bits per heavy atom. The maximum absolute atomic E-state index is 11.9. The van der Waals surface area contributed by atoms with Crippen LogP contribution in [-0.4, -0.2) is 12.5 Å². The van der Waals surface area contributed by atoms with E-state index in [0.29, 0.717) is 5.92 Å². The number of amides is 1. The van der Waals surface area contributed by atoms with Gasteiger partial charge in [0.15, 0.2) is 6.61 Å². The fourth-order valence-corrected chi connectivity index (χ4v) is 2.11. The second-order valence-electron chi connectivity index (χ2n) is 5.40. The van der Waals surface area contributed by atoms with Gasteiger partial charge >= 0.3 is 0 Å². The highest BCUT2D eigenvalue weighted by Crippen LogP contribution is 2.27. The zero-order valence-corrected chi connectivity index (χ0v) is 12.7. The molecule has 0 aliphatic heterocycles. The van der Waals surface area contributed by atoms with E-state index >= 15 is 0 Å². The first-order chi connectivity index (χ1) is 10.1. The Bertz CT molecular complexity index is 606. The van der Waals surface area contributed by atoms with Gasteiger partial charge in [0.2, 0.25) is 0 Å². The second kappa shape index (κ2) is 6.93. The van der Waals surface area contributed by atoms with E-state index in [9.17, 15) is 4.79 Å². The number of rotatable bonds is 5. The fourth-order valence-electron chi connectivity index (χ4n) is 2.11. The van der Waals surface area contributed by atoms with Crippen molar-refractivity contribution in [1.29, 1.82) is 0 Å². The molecule has 0 saturated heterocycles. The monoisotopic (exact) mass is 283 g/mol. The Labute approximate surface area is 126 Å². The molecular weight excluding hydrogens is 262 g/mol. The minimum atomic E-state index is -0.155. The summed E-state index contributed by atoms with van der Waals surface area (Å²) in [5, 5.41) is 2.81. The van der Waals surface area contributed by atoms with Gasteiger partial charge in [-0.15, -0.1) is 0 Å². The molecule has 0 unspecified atom stereocenters. The first-order valence-corrected chi connectivity index (χ1v) is 7.14. The van der Waals surface area contributed by atoms with Gasteiger partial charge in [0.05, 0.1) is 0 Å². The van der Waals surface area contributed by atoms with Gasteiger partial charge < -0.3 is 10.1 Å². The van der Waals surface area contributed by atoms with Crippen LogP contribution in [0.25, 0.3) is 0 Å². The summed E-state index contributed by atoms with van der Waals surface area (Å²) < 4.78 is 5.70. The van der Waals surface area contributed by atoms with Gasteiger partial charge in [0, 0.05) is 5.69 Å². The second-order valence-corrected chi connectivity index (χ2v) is 5.40. The maximum Gasteiger partial charge on any atom is 0.262 e. The summed E-state index contributed by atoms with van der Waals surface area (Å²) in [6, 6.07) is 15.5. The molecule has 2 rings (SSSR count). The Morgan fingerprint density at radius 2 is 1.86 bits per heavy atom. The van der Waals surface area contributed by atoms with Gasteiger partial charge in [-0.3, -0.25) is 4.79 Å². The normalized spacial score (nSPS) is 10.5. The number of ether oxygens (including phenoxy) is 1. The zero-order valence-electron chi connectivity index (χ0n) is 12.7. The highest BCUT2D eigenvalue weighted by molar-refractivity contribution is 5.91. The van der Waals surface area contributed by atoms with Crippen molar-refractivity contribution in [1.82, 2.24) is 0 Å². The average molecular weight is 283 g/mol. The summed E-state index contributed by atoms with van der Waals surface area (Å²) in [6.45, 7) is 6.25. The summed E-state index contributed by atoms with van der Waals surface area (Å²) >= 11 is 0. The smallest absolute Gasteiger partial charge is 0.262 e. The maximum atomic E-state index is 11.9. The van der Waals surface area contributed by atoms with Crippen LogP contribution in [-0.2, 0) is 4.79 Å². The lowest BCUT2D eigenvalue weighted by Crippen LogP contribution is -2.20. The van der Waals surface area contributed by atoms with Gasteiger partial charge in [-0.1, -0.05) is 44.2 Å². The van der Waals surface area contributed by atoms with Crippen molar-refractivity contribution in [2.45, 2.75) is 26.7 Å². The lowest BCUT2D eigenvalue weighted by atomic mass is 10.0. The molecule has 110 valence electrons. The number of anilines is 1. The number of aryl methyl sites for hydroxylation is 1. The van der Waals surface area contributed by atoms with E-state index in [0.717, 1.165) is 22.6 Å². The van der Waals surface area contributed by atoms with E-state index in [4.69, 9.17) is 4.74 Å². The third-order valence-electron chi connectivity index (χ3n) is 3.21. The quantitative estimate of drug-likeness (QED) is 0.895. The first-order valence-electron chi connectivity index (χ1n) is 7.14. The molecule has 0 fully saturated rings. The van der Waals surface area contributed by atoms with E-state index in [-0.39, 0.29) is 12.5 Å². The summed E-state index contributed by atoms with van der Waals surface area (Å²) in [4.78, 5) is 11.9. The largest absolute Gasteiger partial charge is 0.483 e. The number of para-hydroxylation sites is 1. The van der Waals surface area contributed by atoms with Gasteiger partial charge in [-0.05, 0) is 42.2 Å². The van der Waals surface area contributed by atoms with Crippen LogP contribution in [0, 0.1) is 6.92 Å². The molecule has 0 aliphatic rings. The molecule has 0 atom stereocenters. The number of benzene rings is 2. The third kappa shape index (κ3) is 4.35. The van der Waals surface area contributed by atoms with Crippen molar-refractivity contribution in [2.24, 2.45) is 0 Å². The van der Waals surface area contributed by atoms with Crippen molar-refractivity contribution in [3.05, 3.63) is 59.7 Å². The van der Waals surface area contributed by atoms with Gasteiger partial charge in [0.1, 0.15) is 5.75 Å². The molecule has 3 heteroatoms. The summed E-state index contributed by atoms with van der Waals surface area (Å²) in [6.07, 6.45) is 0. The van der Waals surface area contributed by atoms with E-state index in [2.05, 4.69) is 31.3 Å². The van der Waals surface area contributed by atoms with E-state index < -0.39 is 0 Å². The lowest BCUT2D eigenvalue weighted by molar-refractivity contribution is -0.118. The summed E-state index contributed by atoms with van der Waals surface area (Å²) in [7, 11) is 0. The topological polar surface area (TPSA) is 38.3 Å². The van der Waals surface area contributed by atoms with Gasteiger partial charge in [-0.2, -0.15) is 0 Å². The average Bonchev–Trinajstić information content (AvgIpc) is 2.46. The number of hydrogen-bond acceptors (Lipinski definition) is 2. The molecule has 0 saturated carbocycles. The molecule has 1 amide bonds. The predicted molar refractivity (Wildman–Crippen MR) is 85.8 cm³/mol. The zero-order chi connectivity index (χ0) is 15.2. The predicted octanol–water partition coefficient (Wildman–Crippen LogP) is 4.14. The van der Waals surface area contributed by atoms with Crippen LogP contribution < -0.4 is 10.1 Å². The van der Waals surface area contributed by atoms with Crippen molar-refractivity contribution < 1.29 is 9.53 Å². The molecule has 0 aliphatic carbocycles. The molecule has 2 aromatic carbocycles. The van der Waals surface area contributed by atoms with Crippen molar-refractivity contribution >= 4 is 11.6 Å². The van der Waals surface area contributed by atoms with Gasteiger partial charge in [-0.25, -0.2) is 0 Å². The SMILES string of the molecule is Cc1ccc(C(C)C)c(OCC(=O)Nc2ccccc2)c1.